The normalized spacial score (nSPS) is 9.23. The molecule has 1 heterocycles. The molecule has 0 spiro atoms. The van der Waals surface area contributed by atoms with Crippen LogP contribution in [-0.2, 0) is 0 Å². The molecule has 0 unspecified atom stereocenters. The van der Waals surface area contributed by atoms with Gasteiger partial charge in [-0.25, -0.2) is 4.39 Å². The fourth-order valence-corrected chi connectivity index (χ4v) is 1.47. The van der Waals surface area contributed by atoms with Crippen LogP contribution in [-0.4, -0.2) is 12.5 Å². The van der Waals surface area contributed by atoms with Crippen LogP contribution in [0.25, 0.3) is 0 Å². The Labute approximate surface area is 79.8 Å². The highest BCUT2D eigenvalue weighted by atomic mass is 32.1. The number of carbonyl (C=O) groups is 1. The molecule has 0 aliphatic rings. The van der Waals surface area contributed by atoms with Crippen molar-refractivity contribution in [1.29, 1.82) is 0 Å². The molecule has 0 aliphatic carbocycles. The Morgan fingerprint density at radius 3 is 3.08 bits per heavy atom. The summed E-state index contributed by atoms with van der Waals surface area (Å²) in [7, 11) is 0. The number of hydrogen-bond donors (Lipinski definition) is 1. The third kappa shape index (κ3) is 2.56. The molecule has 0 radical (unpaired) electrons. The maximum absolute atomic E-state index is 12.8. The first-order valence-electron chi connectivity index (χ1n) is 3.70. The van der Waals surface area contributed by atoms with Gasteiger partial charge >= 0.3 is 0 Å². The van der Waals surface area contributed by atoms with Gasteiger partial charge in [0.25, 0.3) is 5.91 Å². The second-order valence-electron chi connectivity index (χ2n) is 2.31. The van der Waals surface area contributed by atoms with Crippen LogP contribution in [0, 0.1) is 18.2 Å². The minimum atomic E-state index is -0.483. The van der Waals surface area contributed by atoms with Crippen molar-refractivity contribution < 1.29 is 9.18 Å². The minimum absolute atomic E-state index is 0.108. The van der Waals surface area contributed by atoms with E-state index in [0.717, 1.165) is 11.3 Å². The monoisotopic (exact) mass is 197 g/mol. The van der Waals surface area contributed by atoms with E-state index in [1.165, 1.54) is 11.4 Å². The third-order valence-electron chi connectivity index (χ3n) is 1.38. The molecule has 0 bridgehead atoms. The average molecular weight is 197 g/mol. The van der Waals surface area contributed by atoms with Crippen LogP contribution in [0.3, 0.4) is 0 Å². The standard InChI is InChI=1S/C9H8FNOS/c1-2-3-5-11-9(12)8-7(10)4-6-13-8/h1,4,6H,3,5H2,(H,11,12). The summed E-state index contributed by atoms with van der Waals surface area (Å²) in [4.78, 5) is 11.3. The summed E-state index contributed by atoms with van der Waals surface area (Å²) in [6.45, 7) is 0.382. The van der Waals surface area contributed by atoms with Crippen molar-refractivity contribution in [1.82, 2.24) is 5.32 Å². The van der Waals surface area contributed by atoms with Crippen molar-refractivity contribution in [3.05, 3.63) is 22.1 Å². The molecular weight excluding hydrogens is 189 g/mol. The van der Waals surface area contributed by atoms with Gasteiger partial charge in [0.15, 0.2) is 0 Å². The Morgan fingerprint density at radius 1 is 1.77 bits per heavy atom. The lowest BCUT2D eigenvalue weighted by Gasteiger charge is -1.99. The number of thiophene rings is 1. The van der Waals surface area contributed by atoms with Crippen LogP contribution >= 0.6 is 11.3 Å². The van der Waals surface area contributed by atoms with Gasteiger partial charge in [-0.1, -0.05) is 0 Å². The minimum Gasteiger partial charge on any atom is -0.350 e. The lowest BCUT2D eigenvalue weighted by molar-refractivity contribution is 0.0955. The molecule has 1 rings (SSSR count). The summed E-state index contributed by atoms with van der Waals surface area (Å²) in [6, 6.07) is 1.26. The fraction of sp³-hybridized carbons (Fsp3) is 0.222. The molecule has 0 fully saturated rings. The molecule has 1 amide bonds. The lowest BCUT2D eigenvalue weighted by atomic mass is 10.4. The molecular formula is C9H8FNOS. The van der Waals surface area contributed by atoms with E-state index < -0.39 is 11.7 Å². The van der Waals surface area contributed by atoms with Crippen molar-refractivity contribution in [3.8, 4) is 12.3 Å². The molecule has 1 aromatic rings. The van der Waals surface area contributed by atoms with Crippen LogP contribution in [0.15, 0.2) is 11.4 Å². The van der Waals surface area contributed by atoms with Crippen molar-refractivity contribution in [2.45, 2.75) is 6.42 Å². The predicted molar refractivity (Wildman–Crippen MR) is 50.1 cm³/mol. The van der Waals surface area contributed by atoms with Crippen molar-refractivity contribution >= 4 is 17.2 Å². The summed E-state index contributed by atoms with van der Waals surface area (Å²) in [5.41, 5.74) is 0. The number of amides is 1. The smallest absolute Gasteiger partial charge is 0.264 e. The maximum atomic E-state index is 12.8. The zero-order chi connectivity index (χ0) is 9.68. The third-order valence-corrected chi connectivity index (χ3v) is 2.27. The van der Waals surface area contributed by atoms with E-state index in [1.807, 2.05) is 0 Å². The van der Waals surface area contributed by atoms with Gasteiger partial charge in [-0.3, -0.25) is 4.79 Å². The Morgan fingerprint density at radius 2 is 2.54 bits per heavy atom. The number of rotatable bonds is 3. The van der Waals surface area contributed by atoms with Gasteiger partial charge in [-0.2, -0.15) is 0 Å². The molecule has 0 aliphatic heterocycles. The SMILES string of the molecule is C#CCCNC(=O)c1sccc1F. The molecule has 2 nitrogen and oxygen atoms in total. The summed E-state index contributed by atoms with van der Waals surface area (Å²) in [5.74, 6) is 1.49. The van der Waals surface area contributed by atoms with Crippen LogP contribution in [0.2, 0.25) is 0 Å². The van der Waals surface area contributed by atoms with E-state index in [1.54, 1.807) is 0 Å². The first-order chi connectivity index (χ1) is 6.25. The largest absolute Gasteiger partial charge is 0.350 e. The van der Waals surface area contributed by atoms with Gasteiger partial charge < -0.3 is 5.32 Å². The van der Waals surface area contributed by atoms with E-state index in [2.05, 4.69) is 11.2 Å². The highest BCUT2D eigenvalue weighted by Crippen LogP contribution is 2.13. The molecule has 0 aromatic carbocycles. The molecule has 0 atom stereocenters. The van der Waals surface area contributed by atoms with Gasteiger partial charge in [-0.05, 0) is 11.4 Å². The zero-order valence-corrected chi connectivity index (χ0v) is 7.66. The highest BCUT2D eigenvalue weighted by molar-refractivity contribution is 7.12. The Kier molecular flexibility index (Phi) is 3.47. The summed E-state index contributed by atoms with van der Waals surface area (Å²) >= 11 is 1.08. The van der Waals surface area contributed by atoms with Gasteiger partial charge in [0.2, 0.25) is 0 Å². The second-order valence-corrected chi connectivity index (χ2v) is 3.22. The van der Waals surface area contributed by atoms with Crippen LogP contribution < -0.4 is 5.32 Å². The number of terminal acetylenes is 1. The van der Waals surface area contributed by atoms with Gasteiger partial charge in [0.1, 0.15) is 10.7 Å². The molecule has 0 saturated heterocycles. The van der Waals surface area contributed by atoms with E-state index in [-0.39, 0.29) is 4.88 Å². The van der Waals surface area contributed by atoms with Gasteiger partial charge in [0.05, 0.1) is 0 Å². The number of nitrogens with one attached hydrogen (secondary N) is 1. The quantitative estimate of drug-likeness (QED) is 0.579. The topological polar surface area (TPSA) is 29.1 Å². The van der Waals surface area contributed by atoms with E-state index in [9.17, 15) is 9.18 Å². The van der Waals surface area contributed by atoms with Gasteiger partial charge in [0, 0.05) is 13.0 Å². The Bertz CT molecular complexity index is 340. The van der Waals surface area contributed by atoms with Crippen molar-refractivity contribution in [2.24, 2.45) is 0 Å². The number of carbonyl (C=O) groups excluding carboxylic acids is 1. The molecule has 1 aromatic heterocycles. The highest BCUT2D eigenvalue weighted by Gasteiger charge is 2.11. The number of halogens is 1. The first kappa shape index (κ1) is 9.75. The summed E-state index contributed by atoms with van der Waals surface area (Å²) < 4.78 is 12.8. The summed E-state index contributed by atoms with van der Waals surface area (Å²) in [6.07, 6.45) is 5.45. The van der Waals surface area contributed by atoms with Crippen molar-refractivity contribution in [3.63, 3.8) is 0 Å². The lowest BCUT2D eigenvalue weighted by Crippen LogP contribution is -2.23. The number of hydrogen-bond acceptors (Lipinski definition) is 2. The van der Waals surface area contributed by atoms with Crippen LogP contribution in [0.4, 0.5) is 4.39 Å². The molecule has 13 heavy (non-hydrogen) atoms. The molecule has 4 heteroatoms. The van der Waals surface area contributed by atoms with E-state index >= 15 is 0 Å². The van der Waals surface area contributed by atoms with E-state index in [4.69, 9.17) is 6.42 Å². The van der Waals surface area contributed by atoms with Gasteiger partial charge in [-0.15, -0.1) is 23.7 Å². The van der Waals surface area contributed by atoms with E-state index in [0.29, 0.717) is 13.0 Å². The average Bonchev–Trinajstić information content (AvgIpc) is 2.52. The Balaban J connectivity index is 2.50. The molecule has 68 valence electrons. The maximum Gasteiger partial charge on any atom is 0.264 e. The fourth-order valence-electron chi connectivity index (χ4n) is 0.784. The van der Waals surface area contributed by atoms with Crippen LogP contribution in [0.1, 0.15) is 16.1 Å². The molecule has 0 saturated carbocycles. The molecule has 1 N–H and O–H groups in total. The van der Waals surface area contributed by atoms with Crippen LogP contribution in [0.5, 0.6) is 0 Å². The predicted octanol–water partition coefficient (Wildman–Crippen LogP) is 1.64. The first-order valence-corrected chi connectivity index (χ1v) is 4.58. The van der Waals surface area contributed by atoms with Crippen molar-refractivity contribution in [2.75, 3.05) is 6.54 Å². The Hall–Kier alpha value is -1.34. The second kappa shape index (κ2) is 4.63. The zero-order valence-electron chi connectivity index (χ0n) is 6.84. The summed E-state index contributed by atoms with van der Waals surface area (Å²) in [5, 5.41) is 4.05.